The SMILES string of the molecule is C[C@H](NC(=O)COC(=O)c1ccc(-c2cc(Cl)ccc2Cl)o1)c1ccco1. The van der Waals surface area contributed by atoms with Crippen LogP contribution in [0.3, 0.4) is 0 Å². The number of rotatable bonds is 6. The Labute approximate surface area is 165 Å². The molecule has 1 atom stereocenters. The van der Waals surface area contributed by atoms with E-state index in [1.165, 1.54) is 12.3 Å². The van der Waals surface area contributed by atoms with E-state index in [2.05, 4.69) is 5.32 Å². The average Bonchev–Trinajstić information content (AvgIpc) is 3.33. The first-order valence-electron chi connectivity index (χ1n) is 7.99. The van der Waals surface area contributed by atoms with Crippen LogP contribution in [0.25, 0.3) is 11.3 Å². The predicted molar refractivity (Wildman–Crippen MR) is 99.7 cm³/mol. The number of ether oxygens (including phenoxy) is 1. The fourth-order valence-corrected chi connectivity index (χ4v) is 2.76. The van der Waals surface area contributed by atoms with Crippen molar-refractivity contribution in [3.05, 3.63) is 70.3 Å². The Kier molecular flexibility index (Phi) is 5.88. The number of nitrogens with one attached hydrogen (secondary N) is 1. The molecule has 0 saturated heterocycles. The Bertz CT molecular complexity index is 949. The second kappa shape index (κ2) is 8.33. The minimum absolute atomic E-state index is 0.0482. The van der Waals surface area contributed by atoms with Crippen LogP contribution in [0, 0.1) is 0 Å². The van der Waals surface area contributed by atoms with E-state index in [4.69, 9.17) is 36.8 Å². The number of carbonyl (C=O) groups is 2. The van der Waals surface area contributed by atoms with Gasteiger partial charge in [0, 0.05) is 10.6 Å². The smallest absolute Gasteiger partial charge is 0.374 e. The first-order chi connectivity index (χ1) is 12.9. The van der Waals surface area contributed by atoms with Crippen LogP contribution in [0.5, 0.6) is 0 Å². The number of carbonyl (C=O) groups excluding carboxylic acids is 2. The minimum atomic E-state index is -0.764. The zero-order valence-electron chi connectivity index (χ0n) is 14.2. The molecule has 27 heavy (non-hydrogen) atoms. The molecule has 0 fully saturated rings. The summed E-state index contributed by atoms with van der Waals surface area (Å²) in [6, 6.07) is 11.0. The highest BCUT2D eigenvalue weighted by molar-refractivity contribution is 6.35. The van der Waals surface area contributed by atoms with Gasteiger partial charge in [-0.3, -0.25) is 4.79 Å². The maximum absolute atomic E-state index is 12.1. The molecule has 0 spiro atoms. The molecule has 0 aliphatic heterocycles. The molecule has 0 aliphatic rings. The molecule has 3 rings (SSSR count). The summed E-state index contributed by atoms with van der Waals surface area (Å²) in [6.45, 7) is 1.31. The highest BCUT2D eigenvalue weighted by atomic mass is 35.5. The second-order valence-electron chi connectivity index (χ2n) is 5.67. The second-order valence-corrected chi connectivity index (χ2v) is 6.51. The van der Waals surface area contributed by atoms with Crippen molar-refractivity contribution >= 4 is 35.1 Å². The topological polar surface area (TPSA) is 81.7 Å². The van der Waals surface area contributed by atoms with E-state index >= 15 is 0 Å². The summed E-state index contributed by atoms with van der Waals surface area (Å²) in [7, 11) is 0. The van der Waals surface area contributed by atoms with Crippen LogP contribution >= 0.6 is 23.2 Å². The molecule has 2 aromatic heterocycles. The summed E-state index contributed by atoms with van der Waals surface area (Å²) in [6.07, 6.45) is 1.51. The minimum Gasteiger partial charge on any atom is -0.467 e. The maximum atomic E-state index is 12.1. The van der Waals surface area contributed by atoms with Crippen LogP contribution in [0.15, 0.2) is 57.6 Å². The highest BCUT2D eigenvalue weighted by Gasteiger charge is 2.18. The monoisotopic (exact) mass is 407 g/mol. The van der Waals surface area contributed by atoms with Crippen molar-refractivity contribution in [2.24, 2.45) is 0 Å². The lowest BCUT2D eigenvalue weighted by molar-refractivity contribution is -0.125. The Balaban J connectivity index is 1.58. The molecule has 1 N–H and O–H groups in total. The molecule has 140 valence electrons. The van der Waals surface area contributed by atoms with Gasteiger partial charge < -0.3 is 18.9 Å². The molecule has 1 amide bonds. The molecule has 0 aliphatic carbocycles. The van der Waals surface area contributed by atoms with Gasteiger partial charge in [-0.1, -0.05) is 23.2 Å². The molecule has 6 nitrogen and oxygen atoms in total. The Morgan fingerprint density at radius 2 is 2.00 bits per heavy atom. The van der Waals surface area contributed by atoms with Gasteiger partial charge in [-0.15, -0.1) is 0 Å². The van der Waals surface area contributed by atoms with Gasteiger partial charge in [-0.25, -0.2) is 4.79 Å². The molecule has 8 heteroatoms. The van der Waals surface area contributed by atoms with Gasteiger partial charge in [0.2, 0.25) is 5.76 Å². The normalized spacial score (nSPS) is 11.8. The molecule has 3 aromatic rings. The zero-order chi connectivity index (χ0) is 19.4. The van der Waals surface area contributed by atoms with Crippen LogP contribution in [0.1, 0.15) is 29.3 Å². The number of esters is 1. The number of halogens is 2. The van der Waals surface area contributed by atoms with Gasteiger partial charge in [0.15, 0.2) is 6.61 Å². The molecule has 0 radical (unpaired) electrons. The third-order valence-electron chi connectivity index (χ3n) is 3.68. The lowest BCUT2D eigenvalue weighted by atomic mass is 10.2. The summed E-state index contributed by atoms with van der Waals surface area (Å²) in [4.78, 5) is 24.0. The van der Waals surface area contributed by atoms with Crippen LogP contribution in [-0.4, -0.2) is 18.5 Å². The van der Waals surface area contributed by atoms with Crippen molar-refractivity contribution < 1.29 is 23.2 Å². The molecule has 1 aromatic carbocycles. The molecular weight excluding hydrogens is 393 g/mol. The number of hydrogen-bond donors (Lipinski definition) is 1. The van der Waals surface area contributed by atoms with E-state index in [9.17, 15) is 9.59 Å². The molecule has 0 unspecified atom stereocenters. The predicted octanol–water partition coefficient (Wildman–Crippen LogP) is 4.88. The Morgan fingerprint density at radius 3 is 2.74 bits per heavy atom. The highest BCUT2D eigenvalue weighted by Crippen LogP contribution is 2.31. The van der Waals surface area contributed by atoms with E-state index in [1.54, 1.807) is 43.3 Å². The number of benzene rings is 1. The van der Waals surface area contributed by atoms with Gasteiger partial charge in [0.05, 0.1) is 17.3 Å². The van der Waals surface area contributed by atoms with Gasteiger partial charge in [0.25, 0.3) is 5.91 Å². The summed E-state index contributed by atoms with van der Waals surface area (Å²) < 4.78 is 15.6. The van der Waals surface area contributed by atoms with Gasteiger partial charge in [-0.05, 0) is 49.4 Å². The van der Waals surface area contributed by atoms with E-state index in [1.807, 2.05) is 0 Å². The number of hydrogen-bond acceptors (Lipinski definition) is 5. The average molecular weight is 408 g/mol. The van der Waals surface area contributed by atoms with Gasteiger partial charge in [0.1, 0.15) is 11.5 Å². The van der Waals surface area contributed by atoms with Crippen molar-refractivity contribution in [3.63, 3.8) is 0 Å². The van der Waals surface area contributed by atoms with Gasteiger partial charge in [-0.2, -0.15) is 0 Å². The van der Waals surface area contributed by atoms with Crippen molar-refractivity contribution in [1.29, 1.82) is 0 Å². The number of amides is 1. The van der Waals surface area contributed by atoms with Crippen molar-refractivity contribution in [2.45, 2.75) is 13.0 Å². The van der Waals surface area contributed by atoms with E-state index in [0.717, 1.165) is 0 Å². The summed E-state index contributed by atoms with van der Waals surface area (Å²) in [5, 5.41) is 3.58. The van der Waals surface area contributed by atoms with E-state index in [-0.39, 0.29) is 11.8 Å². The maximum Gasteiger partial charge on any atom is 0.374 e. The summed E-state index contributed by atoms with van der Waals surface area (Å²) in [5.74, 6) is -0.306. The molecule has 2 heterocycles. The van der Waals surface area contributed by atoms with Crippen LogP contribution in [0.2, 0.25) is 10.0 Å². The van der Waals surface area contributed by atoms with Crippen molar-refractivity contribution in [1.82, 2.24) is 5.32 Å². The zero-order valence-corrected chi connectivity index (χ0v) is 15.7. The third kappa shape index (κ3) is 4.72. The first-order valence-corrected chi connectivity index (χ1v) is 8.75. The quantitative estimate of drug-likeness (QED) is 0.588. The van der Waals surface area contributed by atoms with E-state index < -0.39 is 18.5 Å². The lowest BCUT2D eigenvalue weighted by Crippen LogP contribution is -2.30. The van der Waals surface area contributed by atoms with Gasteiger partial charge >= 0.3 is 5.97 Å². The molecular formula is C19H15Cl2NO5. The number of furan rings is 2. The summed E-state index contributed by atoms with van der Waals surface area (Å²) in [5.41, 5.74) is 0.549. The summed E-state index contributed by atoms with van der Waals surface area (Å²) >= 11 is 12.1. The van der Waals surface area contributed by atoms with Crippen LogP contribution < -0.4 is 5.32 Å². The lowest BCUT2D eigenvalue weighted by Gasteiger charge is -2.11. The fourth-order valence-electron chi connectivity index (χ4n) is 2.37. The largest absolute Gasteiger partial charge is 0.467 e. The fraction of sp³-hybridized carbons (Fsp3) is 0.158. The first kappa shape index (κ1) is 19.1. The third-order valence-corrected chi connectivity index (χ3v) is 4.25. The Hall–Kier alpha value is -2.70. The Morgan fingerprint density at radius 1 is 1.19 bits per heavy atom. The van der Waals surface area contributed by atoms with Crippen molar-refractivity contribution in [2.75, 3.05) is 6.61 Å². The molecule has 0 saturated carbocycles. The van der Waals surface area contributed by atoms with Crippen LogP contribution in [0.4, 0.5) is 0 Å². The van der Waals surface area contributed by atoms with Crippen LogP contribution in [-0.2, 0) is 9.53 Å². The van der Waals surface area contributed by atoms with E-state index in [0.29, 0.717) is 27.1 Å². The standard InChI is InChI=1S/C19H15Cl2NO5/c1-11(15-3-2-8-25-15)22-18(23)10-26-19(24)17-7-6-16(27-17)13-9-12(20)4-5-14(13)21/h2-9,11H,10H2,1H3,(H,22,23)/t11-/m0/s1. The molecule has 0 bridgehead atoms. The van der Waals surface area contributed by atoms with Crippen molar-refractivity contribution in [3.8, 4) is 11.3 Å².